The summed E-state index contributed by atoms with van der Waals surface area (Å²) in [5, 5.41) is 9.31. The molecule has 0 aliphatic heterocycles. The van der Waals surface area contributed by atoms with Gasteiger partial charge in [-0.3, -0.25) is 4.79 Å². The minimum Gasteiger partial charge on any atom is -0.396 e. The van der Waals surface area contributed by atoms with Gasteiger partial charge < -0.3 is 14.7 Å². The monoisotopic (exact) mass is 374 g/mol. The van der Waals surface area contributed by atoms with Crippen LogP contribution in [0.2, 0.25) is 0 Å². The number of rotatable bonds is 6. The van der Waals surface area contributed by atoms with E-state index >= 15 is 0 Å². The highest BCUT2D eigenvalue weighted by Crippen LogP contribution is 2.30. The van der Waals surface area contributed by atoms with Crippen LogP contribution in [0.1, 0.15) is 30.1 Å². The summed E-state index contributed by atoms with van der Waals surface area (Å²) in [4.78, 5) is 19.9. The minimum atomic E-state index is -4.83. The molecule has 0 atom stereocenters. The van der Waals surface area contributed by atoms with Gasteiger partial charge in [-0.2, -0.15) is 18.2 Å². The molecule has 0 saturated heterocycles. The van der Waals surface area contributed by atoms with E-state index in [1.807, 2.05) is 0 Å². The van der Waals surface area contributed by atoms with Gasteiger partial charge in [-0.25, -0.2) is 4.39 Å². The lowest BCUT2D eigenvalue weighted by Gasteiger charge is -2.06. The molecule has 1 aromatic heterocycles. The Morgan fingerprint density at radius 1 is 1.38 bits per heavy atom. The Morgan fingerprint density at radius 3 is 2.69 bits per heavy atom. The molecule has 1 heterocycles. The number of benzene rings is 1. The standard InChI is InChI=1S/C15H14F4N4O3/c1-3-25-22-8(2)7-20-13(24)9-4-5-10(11(16)6-9)12-21-14(26-23-12)15(17,18)19/h4-6H,3,7H2,1-2H3,(H,20,24). The number of halogens is 4. The van der Waals surface area contributed by atoms with Crippen molar-refractivity contribution in [2.45, 2.75) is 20.0 Å². The molecule has 7 nitrogen and oxygen atoms in total. The number of carbonyl (C=O) groups excluding carboxylic acids is 1. The lowest BCUT2D eigenvalue weighted by Crippen LogP contribution is -2.28. The van der Waals surface area contributed by atoms with Crippen molar-refractivity contribution in [3.8, 4) is 11.4 Å². The van der Waals surface area contributed by atoms with Crippen molar-refractivity contribution in [3.05, 3.63) is 35.5 Å². The summed E-state index contributed by atoms with van der Waals surface area (Å²) in [6.45, 7) is 3.85. The van der Waals surface area contributed by atoms with Crippen LogP contribution in [-0.4, -0.2) is 34.9 Å². The van der Waals surface area contributed by atoms with E-state index in [-0.39, 0.29) is 17.7 Å². The van der Waals surface area contributed by atoms with Gasteiger partial charge >= 0.3 is 12.1 Å². The van der Waals surface area contributed by atoms with Crippen LogP contribution in [0.15, 0.2) is 27.9 Å². The van der Waals surface area contributed by atoms with E-state index in [2.05, 4.69) is 25.1 Å². The largest absolute Gasteiger partial charge is 0.471 e. The summed E-state index contributed by atoms with van der Waals surface area (Å²) < 4.78 is 55.6. The molecule has 0 saturated carbocycles. The quantitative estimate of drug-likeness (QED) is 0.477. The molecule has 0 aliphatic carbocycles. The Morgan fingerprint density at radius 2 is 2.12 bits per heavy atom. The Kier molecular flexibility index (Phi) is 5.90. The number of hydrogen-bond donors (Lipinski definition) is 1. The Bertz CT molecular complexity index is 817. The normalized spacial score (nSPS) is 12.2. The average Bonchev–Trinajstić information content (AvgIpc) is 3.07. The van der Waals surface area contributed by atoms with Gasteiger partial charge in [0.1, 0.15) is 12.4 Å². The van der Waals surface area contributed by atoms with Crippen molar-refractivity contribution in [2.75, 3.05) is 13.2 Å². The summed E-state index contributed by atoms with van der Waals surface area (Å²) in [7, 11) is 0. The van der Waals surface area contributed by atoms with Gasteiger partial charge in [-0.15, -0.1) is 0 Å². The number of carbonyl (C=O) groups is 1. The summed E-state index contributed by atoms with van der Waals surface area (Å²) >= 11 is 0. The molecular formula is C15H14F4N4O3. The first-order valence-corrected chi connectivity index (χ1v) is 7.36. The number of alkyl halides is 3. The fraction of sp³-hybridized carbons (Fsp3) is 0.333. The first-order valence-electron chi connectivity index (χ1n) is 7.36. The SMILES string of the molecule is CCON=C(C)CNC(=O)c1ccc(-c2noc(C(F)(F)F)n2)c(F)c1. The second kappa shape index (κ2) is 7.93. The van der Waals surface area contributed by atoms with Crippen LogP contribution in [0.25, 0.3) is 11.4 Å². The van der Waals surface area contributed by atoms with Crippen molar-refractivity contribution in [1.82, 2.24) is 15.5 Å². The molecule has 1 aromatic carbocycles. The lowest BCUT2D eigenvalue weighted by atomic mass is 10.1. The van der Waals surface area contributed by atoms with Gasteiger partial charge in [0.2, 0.25) is 5.82 Å². The molecule has 0 aliphatic rings. The molecule has 0 spiro atoms. The first-order chi connectivity index (χ1) is 12.2. The van der Waals surface area contributed by atoms with Gasteiger partial charge in [0.05, 0.1) is 17.8 Å². The molecule has 2 rings (SSSR count). The highest BCUT2D eigenvalue weighted by Gasteiger charge is 2.38. The van der Waals surface area contributed by atoms with Gasteiger partial charge in [0.15, 0.2) is 0 Å². The maximum absolute atomic E-state index is 14.1. The molecule has 26 heavy (non-hydrogen) atoms. The van der Waals surface area contributed by atoms with Crippen LogP contribution < -0.4 is 5.32 Å². The molecule has 140 valence electrons. The number of amides is 1. The van der Waals surface area contributed by atoms with E-state index in [4.69, 9.17) is 4.84 Å². The van der Waals surface area contributed by atoms with E-state index in [1.54, 1.807) is 13.8 Å². The molecule has 0 fully saturated rings. The van der Waals surface area contributed by atoms with E-state index in [0.717, 1.165) is 12.1 Å². The molecule has 0 bridgehead atoms. The predicted octanol–water partition coefficient (Wildman–Crippen LogP) is 3.04. The highest BCUT2D eigenvalue weighted by molar-refractivity contribution is 5.97. The zero-order valence-electron chi connectivity index (χ0n) is 13.7. The topological polar surface area (TPSA) is 89.6 Å². The number of hydrogen-bond acceptors (Lipinski definition) is 6. The maximum atomic E-state index is 14.1. The third-order valence-corrected chi connectivity index (χ3v) is 2.99. The average molecular weight is 374 g/mol. The van der Waals surface area contributed by atoms with E-state index in [9.17, 15) is 22.4 Å². The Hall–Kier alpha value is -2.98. The van der Waals surface area contributed by atoms with Crippen LogP contribution >= 0.6 is 0 Å². The summed E-state index contributed by atoms with van der Waals surface area (Å²) in [6.07, 6.45) is -4.83. The molecule has 0 radical (unpaired) electrons. The zero-order chi connectivity index (χ0) is 19.3. The molecule has 1 amide bonds. The van der Waals surface area contributed by atoms with Crippen LogP contribution in [0.5, 0.6) is 0 Å². The number of nitrogens with one attached hydrogen (secondary N) is 1. The number of aromatic nitrogens is 2. The second-order valence-corrected chi connectivity index (χ2v) is 5.04. The van der Waals surface area contributed by atoms with Crippen LogP contribution in [-0.2, 0) is 11.0 Å². The third kappa shape index (κ3) is 4.77. The number of nitrogens with zero attached hydrogens (tertiary/aromatic N) is 3. The van der Waals surface area contributed by atoms with Crippen LogP contribution in [0.3, 0.4) is 0 Å². The minimum absolute atomic E-state index is 0.0324. The van der Waals surface area contributed by atoms with Gasteiger partial charge in [0.25, 0.3) is 5.91 Å². The van der Waals surface area contributed by atoms with Crippen molar-refractivity contribution in [2.24, 2.45) is 5.16 Å². The van der Waals surface area contributed by atoms with Gasteiger partial charge in [-0.1, -0.05) is 10.3 Å². The van der Waals surface area contributed by atoms with E-state index < -0.39 is 29.6 Å². The zero-order valence-corrected chi connectivity index (χ0v) is 13.7. The van der Waals surface area contributed by atoms with E-state index in [0.29, 0.717) is 12.3 Å². The van der Waals surface area contributed by atoms with Crippen molar-refractivity contribution in [3.63, 3.8) is 0 Å². The summed E-state index contributed by atoms with van der Waals surface area (Å²) in [5.41, 5.74) is 0.147. The van der Waals surface area contributed by atoms with Crippen molar-refractivity contribution in [1.29, 1.82) is 0 Å². The highest BCUT2D eigenvalue weighted by atomic mass is 19.4. The second-order valence-electron chi connectivity index (χ2n) is 5.04. The van der Waals surface area contributed by atoms with Gasteiger partial charge in [-0.05, 0) is 32.0 Å². The molecule has 11 heteroatoms. The Labute approximate surface area is 145 Å². The maximum Gasteiger partial charge on any atom is 0.471 e. The third-order valence-electron chi connectivity index (χ3n) is 2.99. The van der Waals surface area contributed by atoms with Crippen LogP contribution in [0.4, 0.5) is 17.6 Å². The molecular weight excluding hydrogens is 360 g/mol. The summed E-state index contributed by atoms with van der Waals surface area (Å²) in [5.74, 6) is -3.71. The molecule has 2 aromatic rings. The fourth-order valence-electron chi connectivity index (χ4n) is 1.80. The van der Waals surface area contributed by atoms with Crippen molar-refractivity contribution < 1.29 is 31.7 Å². The number of oxime groups is 1. The summed E-state index contributed by atoms with van der Waals surface area (Å²) in [6, 6.07) is 3.19. The smallest absolute Gasteiger partial charge is 0.396 e. The van der Waals surface area contributed by atoms with Crippen molar-refractivity contribution >= 4 is 11.6 Å². The van der Waals surface area contributed by atoms with Gasteiger partial charge in [0, 0.05) is 5.56 Å². The first kappa shape index (κ1) is 19.3. The molecule has 0 unspecified atom stereocenters. The Balaban J connectivity index is 2.11. The van der Waals surface area contributed by atoms with E-state index in [1.165, 1.54) is 6.07 Å². The van der Waals surface area contributed by atoms with Crippen LogP contribution in [0, 0.1) is 5.82 Å². The fourth-order valence-corrected chi connectivity index (χ4v) is 1.80. The molecule has 1 N–H and O–H groups in total. The predicted molar refractivity (Wildman–Crippen MR) is 81.8 cm³/mol. The lowest BCUT2D eigenvalue weighted by molar-refractivity contribution is -0.159.